The van der Waals surface area contributed by atoms with E-state index >= 15 is 0 Å². The summed E-state index contributed by atoms with van der Waals surface area (Å²) in [5, 5.41) is 0.776. The molecule has 88 valence electrons. The molecule has 0 unspecified atom stereocenters. The molecule has 0 bridgehead atoms. The summed E-state index contributed by atoms with van der Waals surface area (Å²) in [7, 11) is 0. The second-order valence-corrected chi connectivity index (χ2v) is 4.55. The first kappa shape index (κ1) is 12.0. The van der Waals surface area contributed by atoms with Gasteiger partial charge in [0.25, 0.3) is 0 Å². The molecule has 2 rings (SSSR count). The standard InChI is InChI=1S/C15H15ClO/c1-11-8-12(2)14(15(16)9-11)10-17-13-6-4-3-5-7-13/h3-9H,10H2,1-2H3. The van der Waals surface area contributed by atoms with Gasteiger partial charge < -0.3 is 4.74 Å². The molecule has 1 nitrogen and oxygen atoms in total. The van der Waals surface area contributed by atoms with Gasteiger partial charge in [0.15, 0.2) is 0 Å². The monoisotopic (exact) mass is 246 g/mol. The van der Waals surface area contributed by atoms with E-state index in [1.54, 1.807) is 0 Å². The van der Waals surface area contributed by atoms with Crippen LogP contribution in [0, 0.1) is 13.8 Å². The third-order valence-electron chi connectivity index (χ3n) is 2.69. The minimum absolute atomic E-state index is 0.509. The first-order chi connectivity index (χ1) is 8.16. The van der Waals surface area contributed by atoms with Gasteiger partial charge in [-0.2, -0.15) is 0 Å². The van der Waals surface area contributed by atoms with Crippen molar-refractivity contribution in [1.82, 2.24) is 0 Å². The highest BCUT2D eigenvalue weighted by Crippen LogP contribution is 2.23. The summed E-state index contributed by atoms with van der Waals surface area (Å²) in [6.45, 7) is 4.61. The van der Waals surface area contributed by atoms with Crippen LogP contribution in [0.1, 0.15) is 16.7 Å². The second kappa shape index (κ2) is 5.24. The van der Waals surface area contributed by atoms with Crippen LogP contribution in [-0.2, 0) is 6.61 Å². The lowest BCUT2D eigenvalue weighted by Crippen LogP contribution is -1.99. The van der Waals surface area contributed by atoms with Crippen LogP contribution in [0.25, 0.3) is 0 Å². The quantitative estimate of drug-likeness (QED) is 0.773. The molecule has 0 aromatic heterocycles. The van der Waals surface area contributed by atoms with Gasteiger partial charge in [-0.1, -0.05) is 35.9 Å². The minimum Gasteiger partial charge on any atom is -0.489 e. The molecule has 2 aromatic carbocycles. The topological polar surface area (TPSA) is 9.23 Å². The van der Waals surface area contributed by atoms with Crippen LogP contribution in [0.5, 0.6) is 5.75 Å². The highest BCUT2D eigenvalue weighted by molar-refractivity contribution is 6.31. The lowest BCUT2D eigenvalue weighted by molar-refractivity contribution is 0.305. The van der Waals surface area contributed by atoms with E-state index in [4.69, 9.17) is 16.3 Å². The van der Waals surface area contributed by atoms with Gasteiger partial charge in [0.05, 0.1) is 0 Å². The van der Waals surface area contributed by atoms with Crippen molar-refractivity contribution in [1.29, 1.82) is 0 Å². The summed E-state index contributed by atoms with van der Waals surface area (Å²) in [6, 6.07) is 13.9. The molecule has 0 spiro atoms. The van der Waals surface area contributed by atoms with Crippen molar-refractivity contribution in [3.8, 4) is 5.75 Å². The highest BCUT2D eigenvalue weighted by atomic mass is 35.5. The number of hydrogen-bond acceptors (Lipinski definition) is 1. The highest BCUT2D eigenvalue weighted by Gasteiger charge is 2.06. The average Bonchev–Trinajstić information content (AvgIpc) is 2.29. The molecule has 2 aromatic rings. The molecule has 0 saturated carbocycles. The zero-order valence-electron chi connectivity index (χ0n) is 10.0. The Morgan fingerprint density at radius 3 is 2.41 bits per heavy atom. The summed E-state index contributed by atoms with van der Waals surface area (Å²) in [5.74, 6) is 0.864. The van der Waals surface area contributed by atoms with E-state index in [0.717, 1.165) is 16.3 Å². The number of ether oxygens (including phenoxy) is 1. The SMILES string of the molecule is Cc1cc(C)c(COc2ccccc2)c(Cl)c1. The van der Waals surface area contributed by atoms with E-state index in [1.165, 1.54) is 11.1 Å². The molecule has 0 heterocycles. The van der Waals surface area contributed by atoms with E-state index in [-0.39, 0.29) is 0 Å². The maximum Gasteiger partial charge on any atom is 0.119 e. The zero-order chi connectivity index (χ0) is 12.3. The van der Waals surface area contributed by atoms with Crippen LogP contribution in [0.15, 0.2) is 42.5 Å². The third kappa shape index (κ3) is 3.01. The Kier molecular flexibility index (Phi) is 3.70. The average molecular weight is 247 g/mol. The van der Waals surface area contributed by atoms with Crippen molar-refractivity contribution in [2.45, 2.75) is 20.5 Å². The van der Waals surface area contributed by atoms with Crippen LogP contribution >= 0.6 is 11.6 Å². The van der Waals surface area contributed by atoms with Gasteiger partial charge in [-0.3, -0.25) is 0 Å². The summed E-state index contributed by atoms with van der Waals surface area (Å²) in [5.41, 5.74) is 3.41. The molecule has 17 heavy (non-hydrogen) atoms. The van der Waals surface area contributed by atoms with Crippen molar-refractivity contribution in [2.24, 2.45) is 0 Å². The largest absolute Gasteiger partial charge is 0.489 e. The Labute approximate surface area is 107 Å². The molecule has 0 aliphatic heterocycles. The molecule has 2 heteroatoms. The maximum atomic E-state index is 6.22. The lowest BCUT2D eigenvalue weighted by atomic mass is 10.1. The number of aryl methyl sites for hydroxylation is 2. The molecule has 0 N–H and O–H groups in total. The fraction of sp³-hybridized carbons (Fsp3) is 0.200. The van der Waals surface area contributed by atoms with E-state index < -0.39 is 0 Å². The normalized spacial score (nSPS) is 10.3. The molecular formula is C15H15ClO. The van der Waals surface area contributed by atoms with E-state index in [0.29, 0.717) is 6.61 Å². The molecular weight excluding hydrogens is 232 g/mol. The summed E-state index contributed by atoms with van der Waals surface area (Å²) in [4.78, 5) is 0. The van der Waals surface area contributed by atoms with Crippen molar-refractivity contribution in [3.05, 3.63) is 64.2 Å². The van der Waals surface area contributed by atoms with Crippen molar-refractivity contribution in [2.75, 3.05) is 0 Å². The molecule has 0 radical (unpaired) electrons. The molecule has 0 fully saturated rings. The fourth-order valence-corrected chi connectivity index (χ4v) is 2.18. The summed E-state index contributed by atoms with van der Waals surface area (Å²) < 4.78 is 5.71. The van der Waals surface area contributed by atoms with Crippen LogP contribution in [0.4, 0.5) is 0 Å². The van der Waals surface area contributed by atoms with E-state index in [2.05, 4.69) is 13.0 Å². The Balaban J connectivity index is 2.15. The van der Waals surface area contributed by atoms with Gasteiger partial charge in [0.1, 0.15) is 12.4 Å². The lowest BCUT2D eigenvalue weighted by Gasteiger charge is -2.11. The van der Waals surface area contributed by atoms with Crippen LogP contribution in [0.2, 0.25) is 5.02 Å². The predicted molar refractivity (Wildman–Crippen MR) is 71.7 cm³/mol. The van der Waals surface area contributed by atoms with E-state index in [1.807, 2.05) is 43.3 Å². The van der Waals surface area contributed by atoms with Crippen LogP contribution in [-0.4, -0.2) is 0 Å². The van der Waals surface area contributed by atoms with Crippen LogP contribution < -0.4 is 4.74 Å². The van der Waals surface area contributed by atoms with Gasteiger partial charge in [0, 0.05) is 10.6 Å². The van der Waals surface area contributed by atoms with Gasteiger partial charge in [-0.05, 0) is 43.2 Å². The maximum absolute atomic E-state index is 6.22. The molecule has 0 saturated heterocycles. The number of benzene rings is 2. The predicted octanol–water partition coefficient (Wildman–Crippen LogP) is 4.54. The van der Waals surface area contributed by atoms with Crippen LogP contribution in [0.3, 0.4) is 0 Å². The Morgan fingerprint density at radius 1 is 1.06 bits per heavy atom. The number of hydrogen-bond donors (Lipinski definition) is 0. The molecule has 0 atom stereocenters. The van der Waals surface area contributed by atoms with Crippen molar-refractivity contribution < 1.29 is 4.74 Å². The van der Waals surface area contributed by atoms with Gasteiger partial charge in [-0.25, -0.2) is 0 Å². The number of rotatable bonds is 3. The Hall–Kier alpha value is -1.47. The smallest absolute Gasteiger partial charge is 0.119 e. The van der Waals surface area contributed by atoms with Crippen molar-refractivity contribution in [3.63, 3.8) is 0 Å². The minimum atomic E-state index is 0.509. The van der Waals surface area contributed by atoms with Crippen molar-refractivity contribution >= 4 is 11.6 Å². The van der Waals surface area contributed by atoms with E-state index in [9.17, 15) is 0 Å². The fourth-order valence-electron chi connectivity index (χ4n) is 1.80. The number of halogens is 1. The summed E-state index contributed by atoms with van der Waals surface area (Å²) >= 11 is 6.22. The van der Waals surface area contributed by atoms with Gasteiger partial charge in [-0.15, -0.1) is 0 Å². The number of para-hydroxylation sites is 1. The molecule has 0 aliphatic rings. The Bertz CT molecular complexity index is 483. The Morgan fingerprint density at radius 2 is 1.76 bits per heavy atom. The zero-order valence-corrected chi connectivity index (χ0v) is 10.8. The second-order valence-electron chi connectivity index (χ2n) is 4.14. The van der Waals surface area contributed by atoms with Gasteiger partial charge in [0.2, 0.25) is 0 Å². The molecule has 0 aliphatic carbocycles. The summed E-state index contributed by atoms with van der Waals surface area (Å²) in [6.07, 6.45) is 0. The first-order valence-corrected chi connectivity index (χ1v) is 5.98. The third-order valence-corrected chi connectivity index (χ3v) is 3.03. The first-order valence-electron chi connectivity index (χ1n) is 5.60. The molecule has 0 amide bonds. The van der Waals surface area contributed by atoms with Gasteiger partial charge >= 0.3 is 0 Å².